The van der Waals surface area contributed by atoms with E-state index >= 15 is 0 Å². The number of aryl methyl sites for hydroxylation is 1. The van der Waals surface area contributed by atoms with Gasteiger partial charge in [-0.2, -0.15) is 0 Å². The SMILES string of the molecule is Cc1cc2c(c(C)c1NC(=O)CC1CC(F)(F)C1)CCN(c1ccc(F)cc1)C2. The Morgan fingerprint density at radius 3 is 2.55 bits per heavy atom. The number of nitrogens with zero attached hydrogens (tertiary/aromatic N) is 1. The van der Waals surface area contributed by atoms with Gasteiger partial charge in [0.05, 0.1) is 0 Å². The Bertz CT molecular complexity index is 932. The standard InChI is InChI=1S/C23H25F3N2O/c1-14-9-17-13-28(19-5-3-18(24)4-6-19)8-7-20(17)15(2)22(14)27-21(29)10-16-11-23(25,26)12-16/h3-6,9,16H,7-8,10-13H2,1-2H3,(H,27,29). The second-order valence-electron chi connectivity index (χ2n) is 8.36. The van der Waals surface area contributed by atoms with Gasteiger partial charge in [0.25, 0.3) is 0 Å². The molecule has 2 aromatic carbocycles. The van der Waals surface area contributed by atoms with Crippen LogP contribution in [0.15, 0.2) is 30.3 Å². The Labute approximate surface area is 168 Å². The molecule has 1 N–H and O–H groups in total. The smallest absolute Gasteiger partial charge is 0.248 e. The molecule has 2 aliphatic rings. The molecule has 1 aliphatic carbocycles. The van der Waals surface area contributed by atoms with Crippen molar-refractivity contribution in [2.75, 3.05) is 16.8 Å². The fraction of sp³-hybridized carbons (Fsp3) is 0.435. The molecular weight excluding hydrogens is 377 g/mol. The lowest BCUT2D eigenvalue weighted by molar-refractivity contribution is -0.129. The number of carbonyl (C=O) groups is 1. The molecule has 1 amide bonds. The Balaban J connectivity index is 1.48. The van der Waals surface area contributed by atoms with Crippen LogP contribution in [-0.2, 0) is 17.8 Å². The van der Waals surface area contributed by atoms with Crippen LogP contribution in [0.1, 0.15) is 41.5 Å². The van der Waals surface area contributed by atoms with E-state index in [1.54, 1.807) is 12.1 Å². The fourth-order valence-electron chi connectivity index (χ4n) is 4.58. The summed E-state index contributed by atoms with van der Waals surface area (Å²) in [7, 11) is 0. The van der Waals surface area contributed by atoms with Crippen LogP contribution in [0.2, 0.25) is 0 Å². The number of hydrogen-bond donors (Lipinski definition) is 1. The predicted molar refractivity (Wildman–Crippen MR) is 108 cm³/mol. The van der Waals surface area contributed by atoms with Crippen molar-refractivity contribution in [3.05, 3.63) is 58.4 Å². The van der Waals surface area contributed by atoms with Crippen LogP contribution in [-0.4, -0.2) is 18.4 Å². The molecule has 1 aliphatic heterocycles. The number of halogens is 3. The minimum Gasteiger partial charge on any atom is -0.367 e. The van der Waals surface area contributed by atoms with E-state index in [1.807, 2.05) is 13.8 Å². The number of carbonyl (C=O) groups excluding carboxylic acids is 1. The van der Waals surface area contributed by atoms with Gasteiger partial charge in [0, 0.05) is 43.7 Å². The first-order valence-electron chi connectivity index (χ1n) is 10.0. The third-order valence-corrected chi connectivity index (χ3v) is 6.10. The molecule has 0 spiro atoms. The van der Waals surface area contributed by atoms with E-state index in [1.165, 1.54) is 23.3 Å². The lowest BCUT2D eigenvalue weighted by Crippen LogP contribution is -2.37. The van der Waals surface area contributed by atoms with Gasteiger partial charge in [0.2, 0.25) is 11.8 Å². The van der Waals surface area contributed by atoms with Crippen LogP contribution in [0.3, 0.4) is 0 Å². The summed E-state index contributed by atoms with van der Waals surface area (Å²) in [5.74, 6) is -3.27. The third-order valence-electron chi connectivity index (χ3n) is 6.10. The van der Waals surface area contributed by atoms with Crippen LogP contribution in [0, 0.1) is 25.6 Å². The second-order valence-corrected chi connectivity index (χ2v) is 8.36. The zero-order chi connectivity index (χ0) is 20.8. The lowest BCUT2D eigenvalue weighted by Gasteiger charge is -2.35. The number of benzene rings is 2. The Hall–Kier alpha value is -2.50. The first kappa shape index (κ1) is 19.8. The van der Waals surface area contributed by atoms with Crippen molar-refractivity contribution in [3.63, 3.8) is 0 Å². The number of fused-ring (bicyclic) bond motifs is 1. The second kappa shape index (κ2) is 7.39. The molecule has 2 aromatic rings. The first-order valence-corrected chi connectivity index (χ1v) is 10.0. The van der Waals surface area contributed by atoms with E-state index in [4.69, 9.17) is 0 Å². The highest BCUT2D eigenvalue weighted by Crippen LogP contribution is 2.44. The fourth-order valence-corrected chi connectivity index (χ4v) is 4.58. The zero-order valence-electron chi connectivity index (χ0n) is 16.7. The predicted octanol–water partition coefficient (Wildman–Crippen LogP) is 5.38. The highest BCUT2D eigenvalue weighted by molar-refractivity contribution is 5.93. The number of amides is 1. The number of alkyl halides is 2. The summed E-state index contributed by atoms with van der Waals surface area (Å²) in [6.45, 7) is 5.50. The highest BCUT2D eigenvalue weighted by atomic mass is 19.3. The molecule has 0 saturated heterocycles. The van der Waals surface area contributed by atoms with Crippen molar-refractivity contribution in [3.8, 4) is 0 Å². The summed E-state index contributed by atoms with van der Waals surface area (Å²) < 4.78 is 39.2. The van der Waals surface area contributed by atoms with Crippen molar-refractivity contribution in [2.24, 2.45) is 5.92 Å². The van der Waals surface area contributed by atoms with Crippen LogP contribution in [0.4, 0.5) is 24.5 Å². The van der Waals surface area contributed by atoms with E-state index < -0.39 is 5.92 Å². The maximum Gasteiger partial charge on any atom is 0.248 e. The van der Waals surface area contributed by atoms with E-state index in [2.05, 4.69) is 16.3 Å². The van der Waals surface area contributed by atoms with Crippen LogP contribution < -0.4 is 10.2 Å². The molecule has 29 heavy (non-hydrogen) atoms. The number of hydrogen-bond acceptors (Lipinski definition) is 2. The van der Waals surface area contributed by atoms with Crippen LogP contribution in [0.5, 0.6) is 0 Å². The normalized spacial score (nSPS) is 18.2. The van der Waals surface area contributed by atoms with E-state index in [0.29, 0.717) is 0 Å². The molecular formula is C23H25F3N2O. The van der Waals surface area contributed by atoms with Gasteiger partial charge in [-0.25, -0.2) is 13.2 Å². The summed E-state index contributed by atoms with van der Waals surface area (Å²) in [4.78, 5) is 14.6. The van der Waals surface area contributed by atoms with Gasteiger partial charge in [-0.05, 0) is 72.7 Å². The van der Waals surface area contributed by atoms with E-state index in [-0.39, 0.29) is 36.9 Å². The largest absolute Gasteiger partial charge is 0.367 e. The molecule has 4 rings (SSSR count). The molecule has 6 heteroatoms. The molecule has 1 heterocycles. The minimum absolute atomic E-state index is 0.143. The number of nitrogens with one attached hydrogen (secondary N) is 1. The molecule has 3 nitrogen and oxygen atoms in total. The van der Waals surface area contributed by atoms with Crippen molar-refractivity contribution in [2.45, 2.75) is 52.0 Å². The van der Waals surface area contributed by atoms with Gasteiger partial charge in [-0.1, -0.05) is 6.07 Å². The highest BCUT2D eigenvalue weighted by Gasteiger charge is 2.45. The van der Waals surface area contributed by atoms with Gasteiger partial charge < -0.3 is 10.2 Å². The van der Waals surface area contributed by atoms with Gasteiger partial charge >= 0.3 is 0 Å². The molecule has 0 aromatic heterocycles. The summed E-state index contributed by atoms with van der Waals surface area (Å²) in [5, 5.41) is 2.97. The van der Waals surface area contributed by atoms with E-state index in [9.17, 15) is 18.0 Å². The monoisotopic (exact) mass is 402 g/mol. The molecule has 1 fully saturated rings. The van der Waals surface area contributed by atoms with Gasteiger partial charge in [0.1, 0.15) is 5.82 Å². The Kier molecular flexibility index (Phi) is 5.05. The maximum atomic E-state index is 13.2. The van der Waals surface area contributed by atoms with Crippen molar-refractivity contribution in [1.29, 1.82) is 0 Å². The van der Waals surface area contributed by atoms with Crippen LogP contribution >= 0.6 is 0 Å². The Morgan fingerprint density at radius 2 is 1.90 bits per heavy atom. The maximum absolute atomic E-state index is 13.2. The van der Waals surface area contributed by atoms with Crippen molar-refractivity contribution < 1.29 is 18.0 Å². The summed E-state index contributed by atoms with van der Waals surface area (Å²) in [6, 6.07) is 8.61. The van der Waals surface area contributed by atoms with Gasteiger partial charge in [-0.3, -0.25) is 4.79 Å². The van der Waals surface area contributed by atoms with Crippen LogP contribution in [0.25, 0.3) is 0 Å². The van der Waals surface area contributed by atoms with Gasteiger partial charge in [-0.15, -0.1) is 0 Å². The molecule has 0 bridgehead atoms. The summed E-state index contributed by atoms with van der Waals surface area (Å²) in [6.07, 6.45) is 0.587. The average molecular weight is 402 g/mol. The molecule has 0 atom stereocenters. The topological polar surface area (TPSA) is 32.3 Å². The van der Waals surface area contributed by atoms with Gasteiger partial charge in [0.15, 0.2) is 0 Å². The van der Waals surface area contributed by atoms with Crippen molar-refractivity contribution in [1.82, 2.24) is 0 Å². The lowest BCUT2D eigenvalue weighted by atomic mass is 9.79. The zero-order valence-corrected chi connectivity index (χ0v) is 16.7. The molecule has 154 valence electrons. The Morgan fingerprint density at radius 1 is 1.21 bits per heavy atom. The van der Waals surface area contributed by atoms with E-state index in [0.717, 1.165) is 42.0 Å². The minimum atomic E-state index is -2.60. The first-order chi connectivity index (χ1) is 13.7. The number of anilines is 2. The molecule has 1 saturated carbocycles. The quantitative estimate of drug-likeness (QED) is 0.745. The molecule has 0 radical (unpaired) electrons. The third kappa shape index (κ3) is 4.11. The molecule has 0 unspecified atom stereocenters. The number of rotatable bonds is 4. The van der Waals surface area contributed by atoms with Crippen molar-refractivity contribution >= 4 is 17.3 Å². The average Bonchev–Trinajstić information content (AvgIpc) is 2.64. The summed E-state index contributed by atoms with van der Waals surface area (Å²) >= 11 is 0. The summed E-state index contributed by atoms with van der Waals surface area (Å²) in [5.41, 5.74) is 6.23.